The van der Waals surface area contributed by atoms with Gasteiger partial charge < -0.3 is 5.32 Å². The number of nitrogens with one attached hydrogen (secondary N) is 3. The van der Waals surface area contributed by atoms with E-state index in [0.717, 1.165) is 25.9 Å². The Morgan fingerprint density at radius 1 is 1.58 bits per heavy atom. The van der Waals surface area contributed by atoms with Gasteiger partial charge in [0.05, 0.1) is 11.9 Å². The summed E-state index contributed by atoms with van der Waals surface area (Å²) in [7, 11) is -3.47. The van der Waals surface area contributed by atoms with Gasteiger partial charge in [0.1, 0.15) is 0 Å². The number of H-pyrrole nitrogens is 1. The summed E-state index contributed by atoms with van der Waals surface area (Å²) in [5.74, 6) is 0.384. The maximum atomic E-state index is 12.2. The number of aromatic amines is 1. The van der Waals surface area contributed by atoms with Gasteiger partial charge in [-0.3, -0.25) is 9.82 Å². The van der Waals surface area contributed by atoms with Gasteiger partial charge in [0.2, 0.25) is 0 Å². The maximum Gasteiger partial charge on any atom is 0.301 e. The van der Waals surface area contributed by atoms with Crippen LogP contribution in [-0.2, 0) is 10.2 Å². The van der Waals surface area contributed by atoms with Crippen molar-refractivity contribution in [2.75, 3.05) is 30.9 Å². The number of nitrogens with zero attached hydrogens (tertiary/aromatic N) is 2. The molecule has 0 saturated carbocycles. The molecule has 1 saturated heterocycles. The van der Waals surface area contributed by atoms with Gasteiger partial charge in [0.15, 0.2) is 0 Å². The molecule has 1 aliphatic heterocycles. The molecule has 1 aliphatic rings. The third-order valence-electron chi connectivity index (χ3n) is 3.25. The van der Waals surface area contributed by atoms with Crippen LogP contribution < -0.4 is 10.0 Å². The van der Waals surface area contributed by atoms with E-state index in [2.05, 4.69) is 27.2 Å². The average molecular weight is 287 g/mol. The molecule has 2 rings (SSSR count). The first-order chi connectivity index (χ1) is 9.12. The molecular weight excluding hydrogens is 266 g/mol. The fraction of sp³-hybridized carbons (Fsp3) is 0.727. The molecule has 0 aliphatic carbocycles. The van der Waals surface area contributed by atoms with Crippen LogP contribution in [-0.4, -0.2) is 49.1 Å². The molecule has 2 heterocycles. The molecule has 0 aromatic carbocycles. The molecule has 0 spiro atoms. The van der Waals surface area contributed by atoms with Crippen molar-refractivity contribution in [3.05, 3.63) is 12.4 Å². The average Bonchev–Trinajstić information content (AvgIpc) is 2.89. The maximum absolute atomic E-state index is 12.2. The van der Waals surface area contributed by atoms with Gasteiger partial charge in [-0.2, -0.15) is 17.8 Å². The zero-order valence-electron chi connectivity index (χ0n) is 11.1. The van der Waals surface area contributed by atoms with Gasteiger partial charge in [0.25, 0.3) is 0 Å². The van der Waals surface area contributed by atoms with Crippen LogP contribution in [0.4, 0.5) is 5.69 Å². The Hall–Kier alpha value is -1.12. The Morgan fingerprint density at radius 2 is 2.42 bits per heavy atom. The largest absolute Gasteiger partial charge is 0.317 e. The Labute approximate surface area is 113 Å². The monoisotopic (exact) mass is 287 g/mol. The molecule has 7 nitrogen and oxygen atoms in total. The summed E-state index contributed by atoms with van der Waals surface area (Å²) < 4.78 is 28.5. The van der Waals surface area contributed by atoms with Crippen molar-refractivity contribution in [1.82, 2.24) is 19.8 Å². The highest BCUT2D eigenvalue weighted by Gasteiger charge is 2.28. The lowest BCUT2D eigenvalue weighted by molar-refractivity contribution is 0.262. The molecule has 0 radical (unpaired) electrons. The molecule has 1 aromatic rings. The van der Waals surface area contributed by atoms with Crippen molar-refractivity contribution in [1.29, 1.82) is 0 Å². The highest BCUT2D eigenvalue weighted by molar-refractivity contribution is 7.90. The fourth-order valence-corrected chi connectivity index (χ4v) is 3.60. The summed E-state index contributed by atoms with van der Waals surface area (Å²) in [6, 6.07) is 0. The number of anilines is 1. The molecule has 1 fully saturated rings. The van der Waals surface area contributed by atoms with Crippen LogP contribution >= 0.6 is 0 Å². The highest BCUT2D eigenvalue weighted by atomic mass is 32.2. The van der Waals surface area contributed by atoms with E-state index in [1.807, 2.05) is 0 Å². The van der Waals surface area contributed by atoms with E-state index in [1.54, 1.807) is 0 Å². The molecule has 3 N–H and O–H groups in total. The normalized spacial score (nSPS) is 21.4. The summed E-state index contributed by atoms with van der Waals surface area (Å²) in [4.78, 5) is 0. The number of hydrogen-bond acceptors (Lipinski definition) is 4. The van der Waals surface area contributed by atoms with E-state index in [4.69, 9.17) is 0 Å². The highest BCUT2D eigenvalue weighted by Crippen LogP contribution is 2.19. The van der Waals surface area contributed by atoms with Gasteiger partial charge in [-0.1, -0.05) is 6.92 Å². The fourth-order valence-electron chi connectivity index (χ4n) is 2.28. The Kier molecular flexibility index (Phi) is 4.78. The topological polar surface area (TPSA) is 90.1 Å². The molecule has 19 heavy (non-hydrogen) atoms. The molecule has 1 atom stereocenters. The van der Waals surface area contributed by atoms with Crippen LogP contribution in [0, 0.1) is 5.92 Å². The van der Waals surface area contributed by atoms with E-state index in [-0.39, 0.29) is 0 Å². The number of piperidine rings is 1. The van der Waals surface area contributed by atoms with Gasteiger partial charge in [-0.25, -0.2) is 0 Å². The molecular formula is C11H21N5O2S. The molecule has 1 aromatic heterocycles. The van der Waals surface area contributed by atoms with Crippen LogP contribution in [0.2, 0.25) is 0 Å². The first-order valence-electron chi connectivity index (χ1n) is 6.59. The Bertz CT molecular complexity index is 473. The van der Waals surface area contributed by atoms with Crippen LogP contribution in [0.3, 0.4) is 0 Å². The summed E-state index contributed by atoms with van der Waals surface area (Å²) in [6.45, 7) is 4.98. The van der Waals surface area contributed by atoms with Crippen molar-refractivity contribution < 1.29 is 8.42 Å². The first kappa shape index (κ1) is 14.3. The quantitative estimate of drug-likeness (QED) is 0.706. The number of hydrogen-bond donors (Lipinski definition) is 3. The lowest BCUT2D eigenvalue weighted by atomic mass is 10.00. The van der Waals surface area contributed by atoms with Crippen molar-refractivity contribution in [2.24, 2.45) is 5.92 Å². The number of aromatic nitrogens is 2. The van der Waals surface area contributed by atoms with Crippen LogP contribution in [0.5, 0.6) is 0 Å². The zero-order chi connectivity index (χ0) is 13.7. The van der Waals surface area contributed by atoms with Crippen LogP contribution in [0.25, 0.3) is 0 Å². The summed E-state index contributed by atoms with van der Waals surface area (Å²) in [6.07, 6.45) is 4.96. The van der Waals surface area contributed by atoms with Gasteiger partial charge in [-0.15, -0.1) is 0 Å². The Morgan fingerprint density at radius 3 is 3.11 bits per heavy atom. The van der Waals surface area contributed by atoms with E-state index in [0.29, 0.717) is 24.7 Å². The Balaban J connectivity index is 1.95. The second kappa shape index (κ2) is 6.36. The zero-order valence-corrected chi connectivity index (χ0v) is 11.9. The second-order valence-electron chi connectivity index (χ2n) is 4.77. The van der Waals surface area contributed by atoms with E-state index in [9.17, 15) is 8.42 Å². The molecule has 1 unspecified atom stereocenters. The molecule has 0 amide bonds. The summed E-state index contributed by atoms with van der Waals surface area (Å²) >= 11 is 0. The standard InChI is InChI=1S/C11H21N5O2S/c1-2-12-6-10-4-3-5-16(9-10)19(17,18)15-11-7-13-14-8-11/h7-8,10,12,15H,2-6,9H2,1H3,(H,13,14). The van der Waals surface area contributed by atoms with Gasteiger partial charge in [-0.05, 0) is 31.8 Å². The van der Waals surface area contributed by atoms with Crippen molar-refractivity contribution >= 4 is 15.9 Å². The smallest absolute Gasteiger partial charge is 0.301 e. The van der Waals surface area contributed by atoms with Gasteiger partial charge >= 0.3 is 10.2 Å². The van der Waals surface area contributed by atoms with Crippen molar-refractivity contribution in [3.8, 4) is 0 Å². The number of rotatable bonds is 6. The minimum Gasteiger partial charge on any atom is -0.317 e. The van der Waals surface area contributed by atoms with Crippen LogP contribution in [0.15, 0.2) is 12.4 Å². The van der Waals surface area contributed by atoms with E-state index < -0.39 is 10.2 Å². The second-order valence-corrected chi connectivity index (χ2v) is 6.44. The van der Waals surface area contributed by atoms with E-state index in [1.165, 1.54) is 16.7 Å². The summed E-state index contributed by atoms with van der Waals surface area (Å²) in [5, 5.41) is 9.59. The SMILES string of the molecule is CCNCC1CCCN(S(=O)(=O)Nc2cn[nH]c2)C1. The van der Waals surface area contributed by atoms with E-state index >= 15 is 0 Å². The minimum absolute atomic E-state index is 0.384. The summed E-state index contributed by atoms with van der Waals surface area (Å²) in [5.41, 5.74) is 0.466. The molecule has 108 valence electrons. The first-order valence-corrected chi connectivity index (χ1v) is 8.03. The van der Waals surface area contributed by atoms with Crippen molar-refractivity contribution in [2.45, 2.75) is 19.8 Å². The molecule has 0 bridgehead atoms. The van der Waals surface area contributed by atoms with Gasteiger partial charge in [0, 0.05) is 19.3 Å². The predicted molar refractivity (Wildman–Crippen MR) is 74.0 cm³/mol. The lowest BCUT2D eigenvalue weighted by Gasteiger charge is -2.31. The minimum atomic E-state index is -3.47. The third kappa shape index (κ3) is 3.92. The third-order valence-corrected chi connectivity index (χ3v) is 4.75. The predicted octanol–water partition coefficient (Wildman–Crippen LogP) is 0.388. The molecule has 8 heteroatoms. The van der Waals surface area contributed by atoms with Crippen LogP contribution in [0.1, 0.15) is 19.8 Å². The lowest BCUT2D eigenvalue weighted by Crippen LogP contribution is -2.45. The van der Waals surface area contributed by atoms with Crippen molar-refractivity contribution in [3.63, 3.8) is 0 Å².